The lowest BCUT2D eigenvalue weighted by Gasteiger charge is -2.38. The number of hydrazine groups is 1. The Morgan fingerprint density at radius 3 is 2.76 bits per heavy atom. The number of guanidine groups is 1. The van der Waals surface area contributed by atoms with Gasteiger partial charge in [-0.2, -0.15) is 4.72 Å². The number of rotatable bonds is 10. The first-order valence-electron chi connectivity index (χ1n) is 12.5. The van der Waals surface area contributed by atoms with E-state index in [0.29, 0.717) is 31.0 Å². The number of anilines is 1. The summed E-state index contributed by atoms with van der Waals surface area (Å²) in [6.07, 6.45) is 1.70. The van der Waals surface area contributed by atoms with E-state index in [9.17, 15) is 33.2 Å². The van der Waals surface area contributed by atoms with Gasteiger partial charge in [-0.15, -0.1) is 0 Å². The number of carbonyl (C=O) groups is 2. The smallest absolute Gasteiger partial charge is 0.326 e. The number of likely N-dealkylation sites (tertiary alicyclic amines) is 1. The molecule has 4 unspecified atom stereocenters. The molecule has 6 N–H and O–H groups in total. The lowest BCUT2D eigenvalue weighted by molar-refractivity contribution is -0.525. The van der Waals surface area contributed by atoms with Crippen molar-refractivity contribution in [3.8, 4) is 0 Å². The number of nitrogens with zero attached hydrogens (tertiary/aromatic N) is 3. The number of piperidine rings is 1. The van der Waals surface area contributed by atoms with Crippen molar-refractivity contribution in [3.63, 3.8) is 0 Å². The number of benzene rings is 1. The summed E-state index contributed by atoms with van der Waals surface area (Å²) in [5.74, 6) is -1.78. The zero-order valence-corrected chi connectivity index (χ0v) is 22.2. The van der Waals surface area contributed by atoms with Crippen LogP contribution in [0.5, 0.6) is 0 Å². The number of para-hydroxylation sites is 1. The standard InChI is InChI=1S/C23H35N7O7S/c1-14-8-10-29(18(12-14)22(32)33)21(31)17(6-4-9-25-23(24)27-30(34)35)28-38(36,37)19-7-3-5-16-11-15(2)13-26-20(16)19/h3,5,7,14-15,17-18,26,28H,4,6,8-13H2,1-2H3,(H,32,33)(H3,24,25,27). The molecule has 1 amide bonds. The van der Waals surface area contributed by atoms with E-state index in [1.165, 1.54) is 11.0 Å². The largest absolute Gasteiger partial charge is 0.480 e. The molecule has 210 valence electrons. The fraction of sp³-hybridized carbons (Fsp3) is 0.609. The van der Waals surface area contributed by atoms with E-state index < -0.39 is 45.0 Å². The minimum absolute atomic E-state index is 0.0131. The van der Waals surface area contributed by atoms with Crippen LogP contribution in [0, 0.1) is 22.0 Å². The first-order valence-corrected chi connectivity index (χ1v) is 14.0. The highest BCUT2D eigenvalue weighted by Gasteiger charge is 2.39. The maximum Gasteiger partial charge on any atom is 0.326 e. The molecule has 14 nitrogen and oxygen atoms in total. The highest BCUT2D eigenvalue weighted by Crippen LogP contribution is 2.32. The van der Waals surface area contributed by atoms with Crippen LogP contribution in [-0.4, -0.2) is 73.0 Å². The third-order valence-corrected chi connectivity index (χ3v) is 8.28. The van der Waals surface area contributed by atoms with E-state index in [1.54, 1.807) is 11.5 Å². The number of fused-ring (bicyclic) bond motifs is 1. The number of nitrogens with two attached hydrogens (primary N) is 1. The van der Waals surface area contributed by atoms with Gasteiger partial charge in [-0.3, -0.25) is 4.79 Å². The summed E-state index contributed by atoms with van der Waals surface area (Å²) >= 11 is 0. The van der Waals surface area contributed by atoms with E-state index in [4.69, 9.17) is 5.73 Å². The minimum Gasteiger partial charge on any atom is -0.480 e. The van der Waals surface area contributed by atoms with Gasteiger partial charge >= 0.3 is 5.97 Å². The molecule has 38 heavy (non-hydrogen) atoms. The molecule has 0 radical (unpaired) electrons. The van der Waals surface area contributed by atoms with Gasteiger partial charge in [-0.25, -0.2) is 28.3 Å². The number of hydrogen-bond acceptors (Lipinski definition) is 8. The third-order valence-electron chi connectivity index (χ3n) is 6.76. The molecule has 1 fully saturated rings. The molecule has 2 heterocycles. The molecule has 2 aliphatic rings. The Balaban J connectivity index is 1.86. The quantitative estimate of drug-likeness (QED) is 0.0891. The van der Waals surface area contributed by atoms with Gasteiger partial charge in [0.05, 0.1) is 5.69 Å². The summed E-state index contributed by atoms with van der Waals surface area (Å²) in [7, 11) is -4.19. The Morgan fingerprint density at radius 2 is 2.08 bits per heavy atom. The molecule has 4 atom stereocenters. The maximum absolute atomic E-state index is 13.6. The van der Waals surface area contributed by atoms with Crippen LogP contribution < -0.4 is 21.2 Å². The zero-order chi connectivity index (χ0) is 28.0. The highest BCUT2D eigenvalue weighted by atomic mass is 32.2. The summed E-state index contributed by atoms with van der Waals surface area (Å²) < 4.78 is 29.6. The van der Waals surface area contributed by atoms with Gasteiger partial charge in [0.15, 0.2) is 5.03 Å². The van der Waals surface area contributed by atoms with Crippen molar-refractivity contribution in [3.05, 3.63) is 33.9 Å². The van der Waals surface area contributed by atoms with E-state index in [0.717, 1.165) is 5.56 Å². The zero-order valence-electron chi connectivity index (χ0n) is 21.4. The monoisotopic (exact) mass is 553 g/mol. The van der Waals surface area contributed by atoms with Gasteiger partial charge in [-0.05, 0) is 55.6 Å². The van der Waals surface area contributed by atoms with Gasteiger partial charge in [0, 0.05) is 19.6 Å². The fourth-order valence-corrected chi connectivity index (χ4v) is 6.29. The predicted molar refractivity (Wildman–Crippen MR) is 139 cm³/mol. The average molecular weight is 554 g/mol. The van der Waals surface area contributed by atoms with E-state index in [2.05, 4.69) is 22.0 Å². The van der Waals surface area contributed by atoms with Crippen molar-refractivity contribution in [2.24, 2.45) is 22.6 Å². The van der Waals surface area contributed by atoms with Crippen molar-refractivity contribution < 1.29 is 28.1 Å². The summed E-state index contributed by atoms with van der Waals surface area (Å²) in [5, 5.41) is 22.5. The predicted octanol–water partition coefficient (Wildman–Crippen LogP) is 0.526. The second kappa shape index (κ2) is 12.4. The molecule has 0 spiro atoms. The number of carbonyl (C=O) groups excluding carboxylic acids is 1. The SMILES string of the molecule is CC1CNc2c(cccc2S(=O)(=O)NC(CCCN=C(N)N[N+](=O)[O-])C(=O)N2CCC(C)CC2C(=O)O)C1. The number of sulfonamides is 1. The second-order valence-corrected chi connectivity index (χ2v) is 11.6. The summed E-state index contributed by atoms with van der Waals surface area (Å²) in [6.45, 7) is 4.74. The molecular formula is C23H35N7O7S. The van der Waals surface area contributed by atoms with Crippen LogP contribution >= 0.6 is 0 Å². The number of amides is 1. The first kappa shape index (κ1) is 29.1. The van der Waals surface area contributed by atoms with E-state index in [-0.39, 0.29) is 43.2 Å². The number of nitro groups is 1. The Morgan fingerprint density at radius 1 is 1.34 bits per heavy atom. The molecule has 1 aromatic carbocycles. The van der Waals surface area contributed by atoms with Crippen LogP contribution in [0.2, 0.25) is 0 Å². The Hall–Kier alpha value is -3.46. The highest BCUT2D eigenvalue weighted by molar-refractivity contribution is 7.89. The molecule has 1 aromatic rings. The van der Waals surface area contributed by atoms with Gasteiger partial charge < -0.3 is 21.1 Å². The summed E-state index contributed by atoms with van der Waals surface area (Å²) in [5.41, 5.74) is 8.48. The van der Waals surface area contributed by atoms with Crippen LogP contribution in [0.4, 0.5) is 5.69 Å². The van der Waals surface area contributed by atoms with Crippen LogP contribution in [-0.2, 0) is 26.0 Å². The van der Waals surface area contributed by atoms with Crippen molar-refractivity contribution in [1.82, 2.24) is 15.0 Å². The van der Waals surface area contributed by atoms with Gasteiger partial charge in [0.2, 0.25) is 15.9 Å². The normalized spacial score (nSPS) is 22.6. The number of aliphatic carboxylic acids is 1. The van der Waals surface area contributed by atoms with Crippen LogP contribution in [0.25, 0.3) is 0 Å². The first-order chi connectivity index (χ1) is 17.9. The van der Waals surface area contributed by atoms with Crippen molar-refractivity contribution in [1.29, 1.82) is 0 Å². The lowest BCUT2D eigenvalue weighted by Crippen LogP contribution is -2.56. The van der Waals surface area contributed by atoms with Crippen LogP contribution in [0.15, 0.2) is 28.1 Å². The molecule has 0 saturated carbocycles. The van der Waals surface area contributed by atoms with E-state index >= 15 is 0 Å². The Labute approximate surface area is 221 Å². The molecule has 0 aliphatic carbocycles. The number of nitrogens with one attached hydrogen (secondary N) is 3. The van der Waals surface area contributed by atoms with Gasteiger partial charge in [0.1, 0.15) is 17.0 Å². The van der Waals surface area contributed by atoms with Crippen molar-refractivity contribution in [2.45, 2.75) is 62.9 Å². The third kappa shape index (κ3) is 7.31. The summed E-state index contributed by atoms with van der Waals surface area (Å²) in [4.78, 5) is 41.1. The fourth-order valence-electron chi connectivity index (χ4n) is 4.84. The molecule has 3 rings (SSSR count). The minimum atomic E-state index is -4.19. The lowest BCUT2D eigenvalue weighted by atomic mass is 9.91. The van der Waals surface area contributed by atoms with E-state index in [1.807, 2.05) is 13.0 Å². The molecule has 15 heteroatoms. The van der Waals surface area contributed by atoms with Gasteiger partial charge in [0.25, 0.3) is 5.96 Å². The second-order valence-electron chi connectivity index (χ2n) is 9.95. The Bertz CT molecular complexity index is 1190. The van der Waals surface area contributed by atoms with Crippen LogP contribution in [0.3, 0.4) is 0 Å². The number of aliphatic imine (C=N–C) groups is 1. The number of hydrogen-bond donors (Lipinski definition) is 5. The molecule has 0 aromatic heterocycles. The van der Waals surface area contributed by atoms with Crippen molar-refractivity contribution >= 4 is 33.5 Å². The molecule has 0 bridgehead atoms. The Kier molecular flexibility index (Phi) is 9.49. The average Bonchev–Trinajstić information content (AvgIpc) is 2.84. The molecule has 2 aliphatic heterocycles. The molecule has 1 saturated heterocycles. The number of carboxylic acid groups (broad SMARTS) is 1. The van der Waals surface area contributed by atoms with Gasteiger partial charge in [-0.1, -0.05) is 31.4 Å². The number of carboxylic acids is 1. The molecular weight excluding hydrogens is 518 g/mol. The van der Waals surface area contributed by atoms with Crippen molar-refractivity contribution in [2.75, 3.05) is 25.0 Å². The topological polar surface area (TPSA) is 209 Å². The van der Waals surface area contributed by atoms with Crippen LogP contribution in [0.1, 0.15) is 45.1 Å². The summed E-state index contributed by atoms with van der Waals surface area (Å²) in [6, 6.07) is 2.63. The maximum atomic E-state index is 13.6.